The van der Waals surface area contributed by atoms with Crippen LogP contribution in [0.1, 0.15) is 47.2 Å². The third-order valence-corrected chi connectivity index (χ3v) is 9.74. The fourth-order valence-electron chi connectivity index (χ4n) is 6.74. The molecule has 1 atom stereocenters. The van der Waals surface area contributed by atoms with Gasteiger partial charge in [0.05, 0.1) is 13.2 Å². The molecule has 2 aliphatic heterocycles. The zero-order chi connectivity index (χ0) is 38.1. The second kappa shape index (κ2) is 17.6. The normalized spacial score (nSPS) is 15.7. The average Bonchev–Trinajstić information content (AvgIpc) is 3.19. The van der Waals surface area contributed by atoms with Gasteiger partial charge in [-0.25, -0.2) is 0 Å². The maximum Gasteiger partial charge on any atom is 0.433 e. The van der Waals surface area contributed by atoms with E-state index in [-0.39, 0.29) is 31.3 Å². The van der Waals surface area contributed by atoms with Crippen LogP contribution >= 0.6 is 0 Å². The minimum atomic E-state index is -4.59. The number of piperidine rings is 1. The number of alkyl halides is 3. The van der Waals surface area contributed by atoms with Crippen molar-refractivity contribution >= 4 is 35.2 Å². The Kier molecular flexibility index (Phi) is 12.4. The predicted octanol–water partition coefficient (Wildman–Crippen LogP) is 6.77. The van der Waals surface area contributed by atoms with E-state index in [1.165, 1.54) is 23.1 Å². The molecule has 0 radical (unpaired) electrons. The van der Waals surface area contributed by atoms with Crippen LogP contribution < -0.4 is 9.80 Å². The van der Waals surface area contributed by atoms with E-state index in [1.807, 2.05) is 78.9 Å². The molecule has 0 saturated carbocycles. The van der Waals surface area contributed by atoms with E-state index in [0.717, 1.165) is 66.3 Å². The molecule has 1 unspecified atom stereocenters. The summed E-state index contributed by atoms with van der Waals surface area (Å²) in [6.07, 6.45) is 1.78. The molecule has 3 amide bonds. The highest BCUT2D eigenvalue weighted by Crippen LogP contribution is 2.28. The van der Waals surface area contributed by atoms with Crippen molar-refractivity contribution < 1.29 is 32.3 Å². The number of benzene rings is 3. The molecule has 0 bridgehead atoms. The molecular formula is C42H44F3N5O4. The highest BCUT2D eigenvalue weighted by molar-refractivity contribution is 5.96. The van der Waals surface area contributed by atoms with Crippen LogP contribution in [0, 0.1) is 0 Å². The first-order valence-corrected chi connectivity index (χ1v) is 18.2. The van der Waals surface area contributed by atoms with Crippen molar-refractivity contribution in [1.29, 1.82) is 0 Å². The van der Waals surface area contributed by atoms with Gasteiger partial charge in [0, 0.05) is 76.3 Å². The lowest BCUT2D eigenvalue weighted by molar-refractivity contribution is -0.143. The van der Waals surface area contributed by atoms with E-state index in [0.29, 0.717) is 31.7 Å². The van der Waals surface area contributed by atoms with Crippen molar-refractivity contribution in [3.8, 4) is 0 Å². The molecule has 1 aromatic heterocycles. The first-order chi connectivity index (χ1) is 26.0. The Labute approximate surface area is 313 Å². The predicted molar refractivity (Wildman–Crippen MR) is 201 cm³/mol. The van der Waals surface area contributed by atoms with Crippen LogP contribution in [0.15, 0.2) is 103 Å². The second-order valence-electron chi connectivity index (χ2n) is 13.6. The molecule has 6 rings (SSSR count). The summed E-state index contributed by atoms with van der Waals surface area (Å²) in [5.74, 6) is -0.656. The van der Waals surface area contributed by atoms with Crippen molar-refractivity contribution in [2.24, 2.45) is 0 Å². The third-order valence-electron chi connectivity index (χ3n) is 9.74. The summed E-state index contributed by atoms with van der Waals surface area (Å²) in [6.45, 7) is 3.88. The maximum atomic E-state index is 14.5. The number of rotatable bonds is 12. The Morgan fingerprint density at radius 1 is 0.833 bits per heavy atom. The smallest absolute Gasteiger partial charge is 0.378 e. The van der Waals surface area contributed by atoms with Crippen LogP contribution in [0.3, 0.4) is 0 Å². The molecule has 3 aromatic carbocycles. The van der Waals surface area contributed by atoms with Crippen LogP contribution in [-0.4, -0.2) is 78.4 Å². The van der Waals surface area contributed by atoms with E-state index < -0.39 is 23.8 Å². The number of aromatic nitrogens is 1. The number of halogens is 3. The zero-order valence-corrected chi connectivity index (χ0v) is 30.3. The van der Waals surface area contributed by atoms with Gasteiger partial charge in [-0.05, 0) is 71.5 Å². The molecule has 12 heteroatoms. The quantitative estimate of drug-likeness (QED) is 0.149. The van der Waals surface area contributed by atoms with Crippen molar-refractivity contribution in [2.45, 2.75) is 51.0 Å². The average molecular weight is 740 g/mol. The topological polar surface area (TPSA) is 86.3 Å². The van der Waals surface area contributed by atoms with Crippen LogP contribution in [0.5, 0.6) is 0 Å². The van der Waals surface area contributed by atoms with Crippen LogP contribution in [0.25, 0.3) is 6.08 Å². The first kappa shape index (κ1) is 38.2. The molecule has 0 spiro atoms. The fraction of sp³-hybridized carbons (Fsp3) is 0.333. The lowest BCUT2D eigenvalue weighted by atomic mass is 10.0. The largest absolute Gasteiger partial charge is 0.433 e. The number of morpholine rings is 1. The van der Waals surface area contributed by atoms with Gasteiger partial charge in [0.25, 0.3) is 0 Å². The fourth-order valence-corrected chi connectivity index (χ4v) is 6.74. The van der Waals surface area contributed by atoms with Gasteiger partial charge in [-0.15, -0.1) is 0 Å². The Hall–Kier alpha value is -5.49. The number of amides is 3. The molecule has 282 valence electrons. The Balaban J connectivity index is 1.28. The van der Waals surface area contributed by atoms with Gasteiger partial charge in [-0.1, -0.05) is 60.7 Å². The molecule has 3 heterocycles. The van der Waals surface area contributed by atoms with Crippen molar-refractivity contribution in [2.75, 3.05) is 49.7 Å². The van der Waals surface area contributed by atoms with E-state index >= 15 is 0 Å². The van der Waals surface area contributed by atoms with E-state index in [1.54, 1.807) is 16.8 Å². The molecule has 4 aromatic rings. The van der Waals surface area contributed by atoms with Gasteiger partial charge >= 0.3 is 6.18 Å². The van der Waals surface area contributed by atoms with Gasteiger partial charge < -0.3 is 24.3 Å². The van der Waals surface area contributed by atoms with E-state index in [4.69, 9.17) is 4.74 Å². The molecule has 0 aliphatic carbocycles. The SMILES string of the molecule is CN(Cc1ccc(N2CCCCC2=O)cc1)C(=O)C(Cc1ccccc1)N(Cc1ccc(N2CCOCC2)cc1)C(=O)C=Cc1ccc(C(F)(F)F)nc1. The van der Waals surface area contributed by atoms with Crippen molar-refractivity contribution in [3.63, 3.8) is 0 Å². The number of hydrogen-bond donors (Lipinski definition) is 0. The van der Waals surface area contributed by atoms with Crippen LogP contribution in [-0.2, 0) is 44.8 Å². The van der Waals surface area contributed by atoms with Gasteiger partial charge in [-0.2, -0.15) is 13.2 Å². The molecule has 54 heavy (non-hydrogen) atoms. The molecular weight excluding hydrogens is 695 g/mol. The number of hydrogen-bond acceptors (Lipinski definition) is 6. The number of ether oxygens (including phenoxy) is 1. The summed E-state index contributed by atoms with van der Waals surface area (Å²) >= 11 is 0. The summed E-state index contributed by atoms with van der Waals surface area (Å²) in [6, 6.07) is 26.1. The maximum absolute atomic E-state index is 14.5. The molecule has 2 saturated heterocycles. The Morgan fingerprint density at radius 3 is 2.13 bits per heavy atom. The van der Waals surface area contributed by atoms with Crippen LogP contribution in [0.2, 0.25) is 0 Å². The summed E-state index contributed by atoms with van der Waals surface area (Å²) in [5.41, 5.74) is 3.66. The minimum Gasteiger partial charge on any atom is -0.378 e. The van der Waals surface area contributed by atoms with Crippen LogP contribution in [0.4, 0.5) is 24.5 Å². The van der Waals surface area contributed by atoms with Crippen molar-refractivity contribution in [1.82, 2.24) is 14.8 Å². The summed E-state index contributed by atoms with van der Waals surface area (Å²) in [4.78, 5) is 51.9. The highest BCUT2D eigenvalue weighted by atomic mass is 19.4. The third kappa shape index (κ3) is 9.93. The number of likely N-dealkylation sites (N-methyl/N-ethyl adjacent to an activating group) is 1. The lowest BCUT2D eigenvalue weighted by Gasteiger charge is -2.34. The molecule has 2 aliphatic rings. The Bertz CT molecular complexity index is 1900. The first-order valence-electron chi connectivity index (χ1n) is 18.2. The molecule has 0 N–H and O–H groups in total. The minimum absolute atomic E-state index is 0.105. The lowest BCUT2D eigenvalue weighted by Crippen LogP contribution is -2.50. The molecule has 2 fully saturated rings. The zero-order valence-electron chi connectivity index (χ0n) is 30.3. The Morgan fingerprint density at radius 2 is 1.50 bits per heavy atom. The second-order valence-corrected chi connectivity index (χ2v) is 13.6. The van der Waals surface area contributed by atoms with Crippen molar-refractivity contribution in [3.05, 3.63) is 131 Å². The van der Waals surface area contributed by atoms with Gasteiger partial charge in [-0.3, -0.25) is 19.4 Å². The number of nitrogens with zero attached hydrogens (tertiary/aromatic N) is 5. The van der Waals surface area contributed by atoms with E-state index in [2.05, 4.69) is 9.88 Å². The highest BCUT2D eigenvalue weighted by Gasteiger charge is 2.33. The number of carbonyl (C=O) groups is 3. The summed E-state index contributed by atoms with van der Waals surface area (Å²) in [7, 11) is 1.70. The number of carbonyl (C=O) groups excluding carboxylic acids is 3. The number of anilines is 2. The van der Waals surface area contributed by atoms with Gasteiger partial charge in [0.1, 0.15) is 11.7 Å². The summed E-state index contributed by atoms with van der Waals surface area (Å²) in [5, 5.41) is 0. The number of pyridine rings is 1. The van der Waals surface area contributed by atoms with Gasteiger partial charge in [0.2, 0.25) is 17.7 Å². The van der Waals surface area contributed by atoms with E-state index in [9.17, 15) is 27.6 Å². The standard InChI is InChI=1S/C42H44F3N5O4/c1-47(29-33-12-18-36(19-13-33)49-22-6-5-9-39(49)51)41(53)37(27-31-7-3-2-4-8-31)50(30-34-10-16-35(17-11-34)48-23-25-54-26-24-48)40(52)21-15-32-14-20-38(46-28-32)42(43,44)45/h2-4,7-8,10-21,28,37H,5-6,9,22-27,29-30H2,1H3. The summed E-state index contributed by atoms with van der Waals surface area (Å²) < 4.78 is 44.9. The molecule has 9 nitrogen and oxygen atoms in total. The van der Waals surface area contributed by atoms with Gasteiger partial charge in [0.15, 0.2) is 0 Å². The monoisotopic (exact) mass is 739 g/mol.